The Kier molecular flexibility index (Phi) is 8.32. The highest BCUT2D eigenvalue weighted by Gasteiger charge is 2.50. The molecule has 1 aromatic carbocycles. The number of nitrogens with zero attached hydrogens (tertiary/aromatic N) is 1. The predicted molar refractivity (Wildman–Crippen MR) is 113 cm³/mol. The smallest absolute Gasteiger partial charge is 0.431 e. The lowest BCUT2D eigenvalue weighted by atomic mass is 9.78. The SMILES string of the molecule is CCCCCCC[C@@H]1C(=O)N(C(=O)OC(C)(C)C)C(C(F)(F)F)=C[C@@H]1c1ccccc1. The number of carbonyl (C=O) groups excluding carboxylic acids is 2. The van der Waals surface area contributed by atoms with E-state index in [0.29, 0.717) is 18.4 Å². The van der Waals surface area contributed by atoms with Crippen LogP contribution in [0.4, 0.5) is 18.0 Å². The van der Waals surface area contributed by atoms with Gasteiger partial charge in [-0.25, -0.2) is 9.69 Å². The van der Waals surface area contributed by atoms with Gasteiger partial charge in [-0.1, -0.05) is 69.4 Å². The summed E-state index contributed by atoms with van der Waals surface area (Å²) in [4.78, 5) is 26.1. The quantitative estimate of drug-likeness (QED) is 0.431. The van der Waals surface area contributed by atoms with Crippen LogP contribution in [0.1, 0.15) is 77.7 Å². The van der Waals surface area contributed by atoms with Crippen molar-refractivity contribution in [2.24, 2.45) is 5.92 Å². The van der Waals surface area contributed by atoms with Crippen molar-refractivity contribution >= 4 is 12.0 Å². The van der Waals surface area contributed by atoms with Gasteiger partial charge in [0.15, 0.2) is 0 Å². The average molecular weight is 440 g/mol. The van der Waals surface area contributed by atoms with Gasteiger partial charge in [-0.3, -0.25) is 4.79 Å². The topological polar surface area (TPSA) is 46.6 Å². The fraction of sp³-hybridized carbons (Fsp3) is 0.583. The van der Waals surface area contributed by atoms with Gasteiger partial charge in [0.2, 0.25) is 5.91 Å². The first-order valence-corrected chi connectivity index (χ1v) is 10.9. The predicted octanol–water partition coefficient (Wildman–Crippen LogP) is 6.97. The zero-order valence-electron chi connectivity index (χ0n) is 18.7. The summed E-state index contributed by atoms with van der Waals surface area (Å²) < 4.78 is 46.8. The number of carbonyl (C=O) groups is 2. The van der Waals surface area contributed by atoms with Crippen molar-refractivity contribution in [1.29, 1.82) is 0 Å². The minimum absolute atomic E-state index is 0.196. The molecule has 1 aliphatic rings. The van der Waals surface area contributed by atoms with E-state index >= 15 is 0 Å². The third-order valence-corrected chi connectivity index (χ3v) is 5.22. The van der Waals surface area contributed by atoms with E-state index in [2.05, 4.69) is 6.92 Å². The minimum Gasteiger partial charge on any atom is -0.443 e. The molecule has 0 saturated heterocycles. The van der Waals surface area contributed by atoms with Gasteiger partial charge < -0.3 is 4.74 Å². The normalized spacial score (nSPS) is 19.9. The third-order valence-electron chi connectivity index (χ3n) is 5.22. The Hall–Kier alpha value is -2.31. The highest BCUT2D eigenvalue weighted by molar-refractivity contribution is 5.97. The highest BCUT2D eigenvalue weighted by Crippen LogP contribution is 2.43. The van der Waals surface area contributed by atoms with E-state index in [1.54, 1.807) is 51.1 Å². The standard InChI is InChI=1S/C24H32F3NO3/c1-5-6-7-8-12-15-18-19(17-13-10-9-11-14-17)16-20(24(25,26)27)28(21(18)29)22(30)31-23(2,3)4/h9-11,13-14,16,18-19H,5-8,12,15H2,1-4H3/t18-,19+/m0/s1. The molecule has 0 aliphatic carbocycles. The maximum Gasteiger partial charge on any atom is 0.431 e. The Labute approximate surface area is 182 Å². The number of alkyl halides is 3. The number of hydrogen-bond donors (Lipinski definition) is 0. The Morgan fingerprint density at radius 2 is 1.65 bits per heavy atom. The number of rotatable bonds is 7. The monoisotopic (exact) mass is 439 g/mol. The molecule has 0 radical (unpaired) electrons. The van der Waals surface area contributed by atoms with Gasteiger partial charge >= 0.3 is 12.3 Å². The van der Waals surface area contributed by atoms with E-state index in [-0.39, 0.29) is 4.90 Å². The zero-order valence-corrected chi connectivity index (χ0v) is 18.7. The number of ether oxygens (including phenoxy) is 1. The maximum absolute atomic E-state index is 13.9. The summed E-state index contributed by atoms with van der Waals surface area (Å²) in [6.07, 6.45) is 0.00273. The number of unbranched alkanes of at least 4 members (excludes halogenated alkanes) is 4. The van der Waals surface area contributed by atoms with Gasteiger partial charge in [0, 0.05) is 11.8 Å². The molecule has 1 heterocycles. The fourth-order valence-electron chi connectivity index (χ4n) is 3.79. The largest absolute Gasteiger partial charge is 0.443 e. The Morgan fingerprint density at radius 1 is 1.03 bits per heavy atom. The number of amides is 2. The molecule has 1 aliphatic heterocycles. The van der Waals surface area contributed by atoms with Crippen LogP contribution in [0, 0.1) is 5.92 Å². The summed E-state index contributed by atoms with van der Waals surface area (Å²) in [6, 6.07) is 8.68. The number of allylic oxidation sites excluding steroid dienone is 2. The van der Waals surface area contributed by atoms with Crippen LogP contribution < -0.4 is 0 Å². The lowest BCUT2D eigenvalue weighted by Gasteiger charge is -2.37. The lowest BCUT2D eigenvalue weighted by molar-refractivity contribution is -0.147. The van der Waals surface area contributed by atoms with Crippen LogP contribution >= 0.6 is 0 Å². The van der Waals surface area contributed by atoms with Crippen molar-refractivity contribution in [1.82, 2.24) is 4.90 Å². The number of benzene rings is 1. The molecule has 1 aromatic rings. The maximum atomic E-state index is 13.9. The molecule has 0 aromatic heterocycles. The van der Waals surface area contributed by atoms with E-state index in [1.165, 1.54) is 0 Å². The van der Waals surface area contributed by atoms with Crippen LogP contribution in [-0.2, 0) is 9.53 Å². The molecular formula is C24H32F3NO3. The lowest BCUT2D eigenvalue weighted by Crippen LogP contribution is -2.50. The van der Waals surface area contributed by atoms with Crippen LogP contribution in [0.3, 0.4) is 0 Å². The third kappa shape index (κ3) is 6.84. The molecule has 0 unspecified atom stereocenters. The molecule has 2 amide bonds. The molecule has 31 heavy (non-hydrogen) atoms. The molecule has 2 rings (SSSR count). The van der Waals surface area contributed by atoms with E-state index < -0.39 is 41.3 Å². The summed E-state index contributed by atoms with van der Waals surface area (Å²) in [5.74, 6) is -2.37. The molecule has 0 saturated carbocycles. The van der Waals surface area contributed by atoms with Gasteiger partial charge in [-0.2, -0.15) is 13.2 Å². The summed E-state index contributed by atoms with van der Waals surface area (Å²) in [5.41, 5.74) is -1.68. The number of hydrogen-bond acceptors (Lipinski definition) is 3. The van der Waals surface area contributed by atoms with Crippen LogP contribution in [0.5, 0.6) is 0 Å². The number of halogens is 3. The van der Waals surface area contributed by atoms with Crippen LogP contribution in [0.15, 0.2) is 42.1 Å². The van der Waals surface area contributed by atoms with E-state index in [1.807, 2.05) is 0 Å². The van der Waals surface area contributed by atoms with Crippen molar-refractivity contribution in [2.45, 2.75) is 83.9 Å². The summed E-state index contributed by atoms with van der Waals surface area (Å²) in [5, 5.41) is 0. The van der Waals surface area contributed by atoms with E-state index in [0.717, 1.165) is 31.8 Å². The van der Waals surface area contributed by atoms with Crippen molar-refractivity contribution < 1.29 is 27.5 Å². The molecule has 172 valence electrons. The van der Waals surface area contributed by atoms with E-state index in [4.69, 9.17) is 4.74 Å². The van der Waals surface area contributed by atoms with Gasteiger partial charge in [-0.15, -0.1) is 0 Å². The van der Waals surface area contributed by atoms with Gasteiger partial charge in [-0.05, 0) is 38.8 Å². The minimum atomic E-state index is -4.87. The molecule has 4 nitrogen and oxygen atoms in total. The summed E-state index contributed by atoms with van der Waals surface area (Å²) in [6.45, 7) is 6.75. The first kappa shape index (κ1) is 25.0. The van der Waals surface area contributed by atoms with Crippen molar-refractivity contribution in [3.8, 4) is 0 Å². The zero-order chi connectivity index (χ0) is 23.2. The van der Waals surface area contributed by atoms with Gasteiger partial charge in [0.25, 0.3) is 0 Å². The van der Waals surface area contributed by atoms with Crippen molar-refractivity contribution in [3.05, 3.63) is 47.7 Å². The van der Waals surface area contributed by atoms with Crippen LogP contribution in [-0.4, -0.2) is 28.7 Å². The summed E-state index contributed by atoms with van der Waals surface area (Å²) in [7, 11) is 0. The Morgan fingerprint density at radius 3 is 2.19 bits per heavy atom. The molecule has 2 atom stereocenters. The molecule has 0 N–H and O–H groups in total. The second kappa shape index (κ2) is 10.3. The van der Waals surface area contributed by atoms with Crippen LogP contribution in [0.2, 0.25) is 0 Å². The average Bonchev–Trinajstić information content (AvgIpc) is 2.66. The Balaban J connectivity index is 2.44. The Bertz CT molecular complexity index is 781. The first-order chi connectivity index (χ1) is 14.5. The summed E-state index contributed by atoms with van der Waals surface area (Å²) >= 11 is 0. The van der Waals surface area contributed by atoms with Gasteiger partial charge in [0.05, 0.1) is 0 Å². The molecule has 0 spiro atoms. The molecule has 0 fully saturated rings. The number of imide groups is 1. The van der Waals surface area contributed by atoms with Crippen molar-refractivity contribution in [2.75, 3.05) is 0 Å². The molecule has 0 bridgehead atoms. The van der Waals surface area contributed by atoms with Crippen LogP contribution in [0.25, 0.3) is 0 Å². The second-order valence-corrected chi connectivity index (χ2v) is 8.95. The highest BCUT2D eigenvalue weighted by atomic mass is 19.4. The van der Waals surface area contributed by atoms with E-state index in [9.17, 15) is 22.8 Å². The first-order valence-electron chi connectivity index (χ1n) is 10.9. The van der Waals surface area contributed by atoms with Crippen molar-refractivity contribution in [3.63, 3.8) is 0 Å². The fourth-order valence-corrected chi connectivity index (χ4v) is 3.79. The second-order valence-electron chi connectivity index (χ2n) is 8.95. The molecular weight excluding hydrogens is 407 g/mol. The van der Waals surface area contributed by atoms with Gasteiger partial charge in [0.1, 0.15) is 11.3 Å². The molecule has 7 heteroatoms.